The second kappa shape index (κ2) is 5.15. The van der Waals surface area contributed by atoms with Gasteiger partial charge in [0.2, 0.25) is 0 Å². The summed E-state index contributed by atoms with van der Waals surface area (Å²) in [5.74, 6) is 1.66. The number of nitrogens with zero attached hydrogens (tertiary/aromatic N) is 1. The van der Waals surface area contributed by atoms with E-state index in [2.05, 4.69) is 10.6 Å². The maximum Gasteiger partial charge on any atom is 0.422 e. The van der Waals surface area contributed by atoms with Crippen LogP contribution in [0.4, 0.5) is 12.3 Å². The van der Waals surface area contributed by atoms with E-state index in [9.17, 15) is 29.1 Å². The van der Waals surface area contributed by atoms with Gasteiger partial charge in [0.15, 0.2) is 0 Å². The molecule has 0 bridgehead atoms. The fourth-order valence-corrected chi connectivity index (χ4v) is 3.33. The van der Waals surface area contributed by atoms with Gasteiger partial charge in [-0.05, 0) is 0 Å². The van der Waals surface area contributed by atoms with Gasteiger partial charge in [-0.15, -0.1) is 10.9 Å². The summed E-state index contributed by atoms with van der Waals surface area (Å²) in [6, 6.07) is 0. The van der Waals surface area contributed by atoms with Crippen LogP contribution in [-0.2, 0) is 24.9 Å². The Balaban J connectivity index is 5.01. The van der Waals surface area contributed by atoms with Crippen LogP contribution in [0.25, 0.3) is 0 Å². The summed E-state index contributed by atoms with van der Waals surface area (Å²) in [6.45, 7) is -0.849. The van der Waals surface area contributed by atoms with Gasteiger partial charge in [0.1, 0.15) is 6.61 Å². The predicted octanol–water partition coefficient (Wildman–Crippen LogP) is 0.570. The second-order valence-corrected chi connectivity index (χ2v) is 6.31. The standard InChI is InChI=1S/C3H4F3N2O5PS2/c1-2-3-13-16(11,12)8-14(4,5)7-15(6,9)10/h1,8H,3H2. The number of rotatable bonds is 5. The molecule has 0 aromatic rings. The van der Waals surface area contributed by atoms with Crippen molar-refractivity contribution in [2.45, 2.75) is 0 Å². The molecule has 0 aromatic heterocycles. The molecule has 0 amide bonds. The molecular formula is C3H4F3N2O5PS2. The normalized spacial score (nSPS) is 13.1. The molecule has 0 saturated heterocycles. The molecule has 0 aliphatic carbocycles. The molecule has 0 aromatic carbocycles. The molecule has 0 fully saturated rings. The van der Waals surface area contributed by atoms with E-state index in [4.69, 9.17) is 0 Å². The average molecular weight is 300 g/mol. The van der Waals surface area contributed by atoms with Crippen molar-refractivity contribution in [3.05, 3.63) is 0 Å². The summed E-state index contributed by atoms with van der Waals surface area (Å²) in [4.78, 5) is 0. The third-order valence-electron chi connectivity index (χ3n) is 0.719. The first-order valence-electron chi connectivity index (χ1n) is 3.07. The Morgan fingerprint density at radius 1 is 1.38 bits per heavy atom. The van der Waals surface area contributed by atoms with Crippen LogP contribution < -0.4 is 4.49 Å². The minimum absolute atomic E-state index is 0.470. The lowest BCUT2D eigenvalue weighted by atomic mass is 10.8. The highest BCUT2D eigenvalue weighted by Crippen LogP contribution is 2.50. The van der Waals surface area contributed by atoms with Crippen LogP contribution in [0.1, 0.15) is 0 Å². The fourth-order valence-electron chi connectivity index (χ4n) is 0.412. The number of halogens is 3. The predicted molar refractivity (Wildman–Crippen MR) is 48.4 cm³/mol. The minimum Gasteiger partial charge on any atom is -0.245 e. The zero-order valence-electron chi connectivity index (χ0n) is 7.17. The molecule has 1 N–H and O–H groups in total. The van der Waals surface area contributed by atoms with E-state index in [-0.39, 0.29) is 0 Å². The number of terminal acetylenes is 1. The van der Waals surface area contributed by atoms with Crippen LogP contribution in [-0.4, -0.2) is 23.4 Å². The van der Waals surface area contributed by atoms with Crippen molar-refractivity contribution in [2.24, 2.45) is 4.15 Å². The maximum absolute atomic E-state index is 12.5. The highest BCUT2D eigenvalue weighted by molar-refractivity contribution is 7.94. The van der Waals surface area contributed by atoms with Crippen molar-refractivity contribution in [2.75, 3.05) is 6.61 Å². The zero-order chi connectivity index (χ0) is 13.0. The smallest absolute Gasteiger partial charge is 0.245 e. The molecular weight excluding hydrogens is 296 g/mol. The van der Waals surface area contributed by atoms with Crippen LogP contribution in [0.5, 0.6) is 0 Å². The Bertz CT molecular complexity index is 542. The fraction of sp³-hybridized carbons (Fsp3) is 0.333. The van der Waals surface area contributed by atoms with Crippen molar-refractivity contribution in [1.82, 2.24) is 4.49 Å². The molecule has 0 heterocycles. The van der Waals surface area contributed by atoms with E-state index >= 15 is 0 Å². The molecule has 0 atom stereocenters. The van der Waals surface area contributed by atoms with Crippen LogP contribution in [0.2, 0.25) is 0 Å². The van der Waals surface area contributed by atoms with E-state index < -0.39 is 35.1 Å². The van der Waals surface area contributed by atoms with Gasteiger partial charge in [-0.3, -0.25) is 0 Å². The molecule has 0 radical (unpaired) electrons. The molecule has 0 aliphatic heterocycles. The molecule has 7 nitrogen and oxygen atoms in total. The third-order valence-corrected chi connectivity index (χ3v) is 4.52. The molecule has 0 spiro atoms. The highest BCUT2D eigenvalue weighted by atomic mass is 32.3. The monoisotopic (exact) mass is 300 g/mol. The summed E-state index contributed by atoms with van der Waals surface area (Å²) in [5, 5.41) is 0. The quantitative estimate of drug-likeness (QED) is 0.454. The SMILES string of the molecule is C#CCOS(=O)(=O)NP(F)(F)=NS(=O)(=O)F. The Hall–Kier alpha value is -0.600. The lowest BCUT2D eigenvalue weighted by molar-refractivity contribution is 0.360. The van der Waals surface area contributed by atoms with Gasteiger partial charge in [-0.2, -0.15) is 25.2 Å². The van der Waals surface area contributed by atoms with Crippen molar-refractivity contribution < 1.29 is 33.3 Å². The van der Waals surface area contributed by atoms with Crippen molar-refractivity contribution in [3.8, 4) is 12.3 Å². The first kappa shape index (κ1) is 15.4. The van der Waals surface area contributed by atoms with E-state index in [0.29, 0.717) is 4.49 Å². The lowest BCUT2D eigenvalue weighted by Gasteiger charge is -2.05. The molecule has 0 unspecified atom stereocenters. The molecule has 0 aliphatic rings. The van der Waals surface area contributed by atoms with Crippen molar-refractivity contribution in [1.29, 1.82) is 0 Å². The highest BCUT2D eigenvalue weighted by Gasteiger charge is 2.29. The first-order valence-corrected chi connectivity index (χ1v) is 7.34. The number of nitrogens with one attached hydrogen (secondary N) is 1. The van der Waals surface area contributed by atoms with Gasteiger partial charge in [-0.1, -0.05) is 14.0 Å². The van der Waals surface area contributed by atoms with Gasteiger partial charge in [0.05, 0.1) is 0 Å². The summed E-state index contributed by atoms with van der Waals surface area (Å²) in [7, 11) is -17.0. The van der Waals surface area contributed by atoms with Crippen LogP contribution in [0.3, 0.4) is 0 Å². The van der Waals surface area contributed by atoms with E-state index in [1.54, 1.807) is 5.92 Å². The second-order valence-electron chi connectivity index (χ2n) is 1.99. The molecule has 0 rings (SSSR count). The zero-order valence-corrected chi connectivity index (χ0v) is 9.70. The molecule has 94 valence electrons. The number of hydrogen-bond acceptors (Lipinski definition) is 5. The van der Waals surface area contributed by atoms with Gasteiger partial charge in [-0.25, -0.2) is 4.18 Å². The van der Waals surface area contributed by atoms with Crippen LogP contribution >= 0.6 is 7.83 Å². The van der Waals surface area contributed by atoms with Gasteiger partial charge in [0, 0.05) is 0 Å². The van der Waals surface area contributed by atoms with Gasteiger partial charge < -0.3 is 0 Å². The lowest BCUT2D eigenvalue weighted by Crippen LogP contribution is -2.21. The molecule has 16 heavy (non-hydrogen) atoms. The molecule has 0 saturated carbocycles. The topological polar surface area (TPSA) is 102 Å². The first-order chi connectivity index (χ1) is 6.97. The van der Waals surface area contributed by atoms with E-state index in [0.717, 1.165) is 0 Å². The maximum atomic E-state index is 12.5. The van der Waals surface area contributed by atoms with E-state index in [1.807, 2.05) is 0 Å². The Labute approximate surface area is 89.9 Å². The van der Waals surface area contributed by atoms with Crippen molar-refractivity contribution in [3.63, 3.8) is 0 Å². The number of hydrogen-bond donors (Lipinski definition) is 1. The average Bonchev–Trinajstić information content (AvgIpc) is 1.93. The summed E-state index contributed by atoms with van der Waals surface area (Å²) < 4.78 is 83.2. The Kier molecular flexibility index (Phi) is 4.96. The van der Waals surface area contributed by atoms with E-state index in [1.165, 1.54) is 4.15 Å². The largest absolute Gasteiger partial charge is 0.422 e. The Morgan fingerprint density at radius 3 is 2.25 bits per heavy atom. The van der Waals surface area contributed by atoms with Gasteiger partial charge in [0.25, 0.3) is 0 Å². The third kappa shape index (κ3) is 7.66. The summed E-state index contributed by atoms with van der Waals surface area (Å²) in [6.07, 6.45) is 4.58. The van der Waals surface area contributed by atoms with Crippen molar-refractivity contribution >= 4 is 28.5 Å². The minimum atomic E-state index is -6.10. The summed E-state index contributed by atoms with van der Waals surface area (Å²) >= 11 is 0. The van der Waals surface area contributed by atoms with Crippen LogP contribution in [0, 0.1) is 12.3 Å². The van der Waals surface area contributed by atoms with Crippen LogP contribution in [0.15, 0.2) is 4.15 Å². The Morgan fingerprint density at radius 2 is 1.88 bits per heavy atom. The summed E-state index contributed by atoms with van der Waals surface area (Å²) in [5.41, 5.74) is 0. The molecule has 13 heteroatoms. The van der Waals surface area contributed by atoms with Gasteiger partial charge >= 0.3 is 28.5 Å².